The molecular formula is C27H25N3O5. The number of rotatable bonds is 9. The first-order valence-corrected chi connectivity index (χ1v) is 11.1. The van der Waals surface area contributed by atoms with Crippen molar-refractivity contribution in [3.63, 3.8) is 0 Å². The third-order valence-electron chi connectivity index (χ3n) is 5.78. The van der Waals surface area contributed by atoms with Gasteiger partial charge in [0.05, 0.1) is 6.04 Å². The second-order valence-corrected chi connectivity index (χ2v) is 8.14. The molecule has 4 rings (SSSR count). The van der Waals surface area contributed by atoms with Gasteiger partial charge in [-0.3, -0.25) is 9.59 Å². The van der Waals surface area contributed by atoms with Gasteiger partial charge in [-0.15, -0.1) is 0 Å². The van der Waals surface area contributed by atoms with Crippen molar-refractivity contribution >= 4 is 28.7 Å². The third-order valence-corrected chi connectivity index (χ3v) is 5.78. The predicted octanol–water partition coefficient (Wildman–Crippen LogP) is 2.81. The van der Waals surface area contributed by atoms with Crippen molar-refractivity contribution < 1.29 is 24.6 Å². The number of aliphatic carboxylic acids is 1. The van der Waals surface area contributed by atoms with E-state index in [1.165, 1.54) is 0 Å². The lowest BCUT2D eigenvalue weighted by atomic mass is 9.99. The summed E-state index contributed by atoms with van der Waals surface area (Å²) in [5, 5.41) is 26.7. The standard InChI is InChI=1S/C27H25N3O5/c31-24(23(17-9-3-1-4-10-17)30-25(32)18-11-5-2-6-12-18)26(33)29-22(27(34)35)15-19-16-28-21-14-8-7-13-20(19)21/h1-14,16,22-24,28,31H,15H2,(H,29,33)(H,30,32)(H,34,35)/t22-,23-,24+/m0/s1. The zero-order valence-corrected chi connectivity index (χ0v) is 18.7. The number of hydrogen-bond donors (Lipinski definition) is 5. The number of para-hydroxylation sites is 1. The summed E-state index contributed by atoms with van der Waals surface area (Å²) in [6, 6.07) is 22.0. The molecule has 0 saturated heterocycles. The number of fused-ring (bicyclic) bond motifs is 1. The topological polar surface area (TPSA) is 132 Å². The summed E-state index contributed by atoms with van der Waals surface area (Å²) in [5.41, 5.74) is 2.44. The first kappa shape index (κ1) is 23.7. The van der Waals surface area contributed by atoms with Crippen molar-refractivity contribution in [3.8, 4) is 0 Å². The van der Waals surface area contributed by atoms with Crippen molar-refractivity contribution in [3.05, 3.63) is 108 Å². The van der Waals surface area contributed by atoms with E-state index in [9.17, 15) is 24.6 Å². The Bertz CT molecular complexity index is 1320. The molecule has 2 amide bonds. The van der Waals surface area contributed by atoms with Gasteiger partial charge in [0.15, 0.2) is 6.10 Å². The highest BCUT2D eigenvalue weighted by Crippen LogP contribution is 2.21. The van der Waals surface area contributed by atoms with E-state index in [1.807, 2.05) is 24.3 Å². The van der Waals surface area contributed by atoms with Crippen LogP contribution in [0.25, 0.3) is 10.9 Å². The Morgan fingerprint density at radius 2 is 1.46 bits per heavy atom. The van der Waals surface area contributed by atoms with E-state index in [-0.39, 0.29) is 6.42 Å². The van der Waals surface area contributed by atoms with Crippen LogP contribution in [0.5, 0.6) is 0 Å². The maximum atomic E-state index is 13.0. The van der Waals surface area contributed by atoms with E-state index in [4.69, 9.17) is 0 Å². The number of aromatic nitrogens is 1. The van der Waals surface area contributed by atoms with Gasteiger partial charge >= 0.3 is 5.97 Å². The summed E-state index contributed by atoms with van der Waals surface area (Å²) in [6.07, 6.45) is -0.00451. The van der Waals surface area contributed by atoms with Crippen LogP contribution in [-0.2, 0) is 16.0 Å². The van der Waals surface area contributed by atoms with Gasteiger partial charge in [-0.05, 0) is 29.3 Å². The van der Waals surface area contributed by atoms with Crippen LogP contribution in [0.2, 0.25) is 0 Å². The van der Waals surface area contributed by atoms with Gasteiger partial charge < -0.3 is 25.8 Å². The van der Waals surface area contributed by atoms with Crippen LogP contribution in [0.1, 0.15) is 27.5 Å². The van der Waals surface area contributed by atoms with Gasteiger partial charge in [-0.1, -0.05) is 66.7 Å². The zero-order valence-electron chi connectivity index (χ0n) is 18.7. The van der Waals surface area contributed by atoms with E-state index in [1.54, 1.807) is 66.9 Å². The van der Waals surface area contributed by atoms with Crippen LogP contribution >= 0.6 is 0 Å². The van der Waals surface area contributed by atoms with Crippen LogP contribution in [0.3, 0.4) is 0 Å². The third kappa shape index (κ3) is 5.56. The van der Waals surface area contributed by atoms with Crippen LogP contribution in [0.4, 0.5) is 0 Å². The zero-order chi connectivity index (χ0) is 24.8. The Kier molecular flexibility index (Phi) is 7.23. The molecule has 0 aliphatic rings. The number of carbonyl (C=O) groups excluding carboxylic acids is 2. The van der Waals surface area contributed by atoms with E-state index in [0.29, 0.717) is 11.1 Å². The number of carboxylic acid groups (broad SMARTS) is 1. The minimum atomic E-state index is -1.73. The number of aromatic amines is 1. The van der Waals surface area contributed by atoms with Crippen molar-refractivity contribution in [1.29, 1.82) is 0 Å². The first-order valence-electron chi connectivity index (χ1n) is 11.1. The van der Waals surface area contributed by atoms with Gasteiger partial charge in [-0.25, -0.2) is 4.79 Å². The maximum absolute atomic E-state index is 13.0. The highest BCUT2D eigenvalue weighted by atomic mass is 16.4. The van der Waals surface area contributed by atoms with Gasteiger partial charge in [0.2, 0.25) is 0 Å². The SMILES string of the molecule is O=C(N[C@@H](c1ccccc1)[C@@H](O)C(=O)N[C@@H](Cc1c[nH]c2ccccc12)C(=O)O)c1ccccc1. The molecule has 178 valence electrons. The molecule has 0 aliphatic carbocycles. The maximum Gasteiger partial charge on any atom is 0.326 e. The fourth-order valence-electron chi connectivity index (χ4n) is 3.95. The normalized spacial score (nSPS) is 13.5. The summed E-state index contributed by atoms with van der Waals surface area (Å²) in [6.45, 7) is 0. The quantitative estimate of drug-likeness (QED) is 0.256. The summed E-state index contributed by atoms with van der Waals surface area (Å²) in [7, 11) is 0. The first-order chi connectivity index (χ1) is 16.9. The molecule has 0 unspecified atom stereocenters. The molecule has 35 heavy (non-hydrogen) atoms. The summed E-state index contributed by atoms with van der Waals surface area (Å²) < 4.78 is 0. The Morgan fingerprint density at radius 3 is 2.14 bits per heavy atom. The monoisotopic (exact) mass is 471 g/mol. The molecule has 5 N–H and O–H groups in total. The number of benzene rings is 3. The molecule has 3 atom stereocenters. The Balaban J connectivity index is 1.53. The average Bonchev–Trinajstić information content (AvgIpc) is 3.30. The number of carbonyl (C=O) groups is 3. The van der Waals surface area contributed by atoms with E-state index in [0.717, 1.165) is 16.5 Å². The minimum Gasteiger partial charge on any atom is -0.480 e. The second kappa shape index (κ2) is 10.7. The molecule has 8 heteroatoms. The molecule has 3 aromatic carbocycles. The van der Waals surface area contributed by atoms with Crippen LogP contribution in [-0.4, -0.2) is 45.1 Å². The smallest absolute Gasteiger partial charge is 0.326 e. The Morgan fingerprint density at radius 1 is 0.829 bits per heavy atom. The van der Waals surface area contributed by atoms with Crippen molar-refractivity contribution in [2.45, 2.75) is 24.6 Å². The summed E-state index contributed by atoms with van der Waals surface area (Å²) in [4.78, 5) is 40.8. The summed E-state index contributed by atoms with van der Waals surface area (Å²) >= 11 is 0. The number of carboxylic acids is 1. The number of H-pyrrole nitrogens is 1. The number of aliphatic hydroxyl groups excluding tert-OH is 1. The van der Waals surface area contributed by atoms with Crippen molar-refractivity contribution in [2.24, 2.45) is 0 Å². The van der Waals surface area contributed by atoms with Gasteiger partial charge in [0, 0.05) is 29.1 Å². The van der Waals surface area contributed by atoms with Gasteiger partial charge in [0.1, 0.15) is 6.04 Å². The predicted molar refractivity (Wildman–Crippen MR) is 131 cm³/mol. The van der Waals surface area contributed by atoms with E-state index in [2.05, 4.69) is 15.6 Å². The lowest BCUT2D eigenvalue weighted by Gasteiger charge is -2.25. The molecular weight excluding hydrogens is 446 g/mol. The molecule has 0 spiro atoms. The average molecular weight is 472 g/mol. The fourth-order valence-corrected chi connectivity index (χ4v) is 3.95. The molecule has 1 aromatic heterocycles. The van der Waals surface area contributed by atoms with Crippen molar-refractivity contribution in [2.75, 3.05) is 0 Å². The Labute approximate surface area is 201 Å². The lowest BCUT2D eigenvalue weighted by Crippen LogP contribution is -2.50. The molecule has 0 bridgehead atoms. The molecule has 0 saturated carbocycles. The second-order valence-electron chi connectivity index (χ2n) is 8.14. The van der Waals surface area contributed by atoms with Gasteiger partial charge in [-0.2, -0.15) is 0 Å². The van der Waals surface area contributed by atoms with Crippen LogP contribution in [0, 0.1) is 0 Å². The number of hydrogen-bond acceptors (Lipinski definition) is 4. The fraction of sp³-hybridized carbons (Fsp3) is 0.148. The molecule has 4 aromatic rings. The van der Waals surface area contributed by atoms with Crippen LogP contribution < -0.4 is 10.6 Å². The van der Waals surface area contributed by atoms with E-state index < -0.39 is 36.0 Å². The van der Waals surface area contributed by atoms with Crippen LogP contribution in [0.15, 0.2) is 91.1 Å². The molecule has 1 heterocycles. The highest BCUT2D eigenvalue weighted by molar-refractivity contribution is 5.95. The number of aliphatic hydroxyl groups is 1. The number of amides is 2. The highest BCUT2D eigenvalue weighted by Gasteiger charge is 2.32. The van der Waals surface area contributed by atoms with Crippen molar-refractivity contribution in [1.82, 2.24) is 15.6 Å². The molecule has 0 aliphatic heterocycles. The van der Waals surface area contributed by atoms with Gasteiger partial charge in [0.25, 0.3) is 11.8 Å². The lowest BCUT2D eigenvalue weighted by molar-refractivity contribution is -0.143. The number of nitrogens with one attached hydrogen (secondary N) is 3. The largest absolute Gasteiger partial charge is 0.480 e. The molecule has 0 fully saturated rings. The minimum absolute atomic E-state index is 0.0180. The molecule has 8 nitrogen and oxygen atoms in total. The molecule has 0 radical (unpaired) electrons. The Hall–Kier alpha value is -4.43. The van der Waals surface area contributed by atoms with E-state index >= 15 is 0 Å². The summed E-state index contributed by atoms with van der Waals surface area (Å²) in [5.74, 6) is -2.61.